The first-order valence-corrected chi connectivity index (χ1v) is 16.7. The highest BCUT2D eigenvalue weighted by Gasteiger charge is 2.30. The lowest BCUT2D eigenvalue weighted by Gasteiger charge is -2.12. The smallest absolute Gasteiger partial charge is 0.321 e. The lowest BCUT2D eigenvalue weighted by atomic mass is 10.0. The summed E-state index contributed by atoms with van der Waals surface area (Å²) in [5.41, 5.74) is 0.795. The first kappa shape index (κ1) is 39.6. The maximum Gasteiger partial charge on any atom is 0.416 e. The summed E-state index contributed by atoms with van der Waals surface area (Å²) in [4.78, 5) is 28.5. The molecule has 0 unspecified atom stereocenters. The Balaban J connectivity index is 0.000000208. The van der Waals surface area contributed by atoms with E-state index in [2.05, 4.69) is 20.7 Å². The van der Waals surface area contributed by atoms with Crippen molar-refractivity contribution in [2.75, 3.05) is 10.6 Å². The normalized spacial score (nSPS) is 11.4. The van der Waals surface area contributed by atoms with Crippen molar-refractivity contribution in [3.63, 3.8) is 0 Å². The zero-order valence-corrected chi connectivity index (χ0v) is 29.4. The van der Waals surface area contributed by atoms with Crippen LogP contribution in [0.2, 0.25) is 5.02 Å². The number of aryl methyl sites for hydroxylation is 2. The molecule has 0 aliphatic heterocycles. The highest BCUT2D eigenvalue weighted by molar-refractivity contribution is 7.13. The standard InChI is InChI=1S/C19H13F5N2OS.C18H13ClF3N3O/c1-10-25-15(17(20)21)16(28-10)18(27)26-14-5-3-2-4-13(14)11-6-8-12(9-7-11)19(22,23)24;1-25-16(9-15(24-25)17(21)22)18(26)23-14-5-3-2-4-11(14)10-6-7-12(19)13(20)8-10/h2-9,17H,1H3,(H,26,27);2-9,17H,1H3,(H,23,26). The summed E-state index contributed by atoms with van der Waals surface area (Å²) in [6.07, 6.45) is -10.1. The molecule has 280 valence electrons. The van der Waals surface area contributed by atoms with Crippen molar-refractivity contribution in [1.29, 1.82) is 0 Å². The molecular formula is C37H26ClF8N5O2S. The molecule has 0 spiro atoms. The largest absolute Gasteiger partial charge is 0.416 e. The second-order valence-electron chi connectivity index (χ2n) is 11.3. The fraction of sp³-hybridized carbons (Fsp3) is 0.135. The number of alkyl halides is 7. The Morgan fingerprint density at radius 2 is 1.33 bits per heavy atom. The molecule has 7 nitrogen and oxygen atoms in total. The summed E-state index contributed by atoms with van der Waals surface area (Å²) < 4.78 is 105. The fourth-order valence-electron chi connectivity index (χ4n) is 5.12. The van der Waals surface area contributed by atoms with Gasteiger partial charge in [0.15, 0.2) is 0 Å². The Hall–Kier alpha value is -5.61. The van der Waals surface area contributed by atoms with E-state index in [1.807, 2.05) is 0 Å². The molecule has 2 heterocycles. The SMILES string of the molecule is Cc1nc(C(F)F)c(C(=O)Nc2ccccc2-c2ccc(C(F)(F)F)cc2)s1.Cn1nc(C(F)F)cc1C(=O)Nc1ccccc1-c1ccc(Cl)c(F)c1. The molecule has 54 heavy (non-hydrogen) atoms. The maximum atomic E-state index is 13.8. The summed E-state index contributed by atoms with van der Waals surface area (Å²) >= 11 is 6.55. The minimum Gasteiger partial charge on any atom is -0.321 e. The van der Waals surface area contributed by atoms with Gasteiger partial charge < -0.3 is 10.6 Å². The summed E-state index contributed by atoms with van der Waals surface area (Å²) in [7, 11) is 1.40. The van der Waals surface area contributed by atoms with Gasteiger partial charge >= 0.3 is 6.18 Å². The number of hydrogen-bond acceptors (Lipinski definition) is 5. The third-order valence-corrected chi connectivity index (χ3v) is 8.92. The van der Waals surface area contributed by atoms with Gasteiger partial charge in [-0.25, -0.2) is 26.9 Å². The van der Waals surface area contributed by atoms with E-state index >= 15 is 0 Å². The molecule has 0 saturated carbocycles. The van der Waals surface area contributed by atoms with Gasteiger partial charge in [0.05, 0.1) is 15.6 Å². The molecule has 2 aromatic heterocycles. The number of para-hydroxylation sites is 2. The third-order valence-electron chi connectivity index (χ3n) is 7.63. The number of amides is 2. The van der Waals surface area contributed by atoms with Gasteiger partial charge in [-0.3, -0.25) is 14.3 Å². The van der Waals surface area contributed by atoms with Crippen molar-refractivity contribution in [2.24, 2.45) is 7.05 Å². The number of nitrogens with one attached hydrogen (secondary N) is 2. The van der Waals surface area contributed by atoms with Crippen LogP contribution in [-0.4, -0.2) is 26.6 Å². The Kier molecular flexibility index (Phi) is 12.2. The predicted molar refractivity (Wildman–Crippen MR) is 190 cm³/mol. The van der Waals surface area contributed by atoms with Gasteiger partial charge in [0.1, 0.15) is 27.8 Å². The monoisotopic (exact) mass is 791 g/mol. The summed E-state index contributed by atoms with van der Waals surface area (Å²) in [5, 5.41) is 9.14. The molecule has 0 aliphatic rings. The van der Waals surface area contributed by atoms with Gasteiger partial charge in [-0.2, -0.15) is 18.3 Å². The van der Waals surface area contributed by atoms with Crippen LogP contribution in [-0.2, 0) is 13.2 Å². The topological polar surface area (TPSA) is 88.9 Å². The van der Waals surface area contributed by atoms with Crippen LogP contribution in [0.25, 0.3) is 22.3 Å². The molecule has 2 N–H and O–H groups in total. The number of halogens is 9. The molecule has 4 aromatic carbocycles. The number of hydrogen-bond donors (Lipinski definition) is 2. The first-order chi connectivity index (χ1) is 25.5. The zero-order valence-electron chi connectivity index (χ0n) is 27.9. The summed E-state index contributed by atoms with van der Waals surface area (Å²) in [6, 6.07) is 23.0. The van der Waals surface area contributed by atoms with Crippen LogP contribution < -0.4 is 10.6 Å². The molecule has 0 aliphatic carbocycles. The van der Waals surface area contributed by atoms with Crippen molar-refractivity contribution < 1.29 is 44.7 Å². The number of benzene rings is 4. The van der Waals surface area contributed by atoms with Crippen LogP contribution in [0.3, 0.4) is 0 Å². The van der Waals surface area contributed by atoms with E-state index in [9.17, 15) is 44.7 Å². The number of aromatic nitrogens is 3. The zero-order chi connectivity index (χ0) is 39.3. The predicted octanol–water partition coefficient (Wildman–Crippen LogP) is 11.4. The molecule has 2 amide bonds. The lowest BCUT2D eigenvalue weighted by Crippen LogP contribution is -2.16. The van der Waals surface area contributed by atoms with Crippen LogP contribution in [0.4, 0.5) is 46.5 Å². The van der Waals surface area contributed by atoms with Crippen molar-refractivity contribution in [2.45, 2.75) is 26.0 Å². The number of anilines is 2. The number of carbonyl (C=O) groups excluding carboxylic acids is 2. The van der Waals surface area contributed by atoms with E-state index in [0.717, 1.165) is 34.2 Å². The Morgan fingerprint density at radius 3 is 1.87 bits per heavy atom. The van der Waals surface area contributed by atoms with E-state index in [1.54, 1.807) is 54.6 Å². The lowest BCUT2D eigenvalue weighted by molar-refractivity contribution is -0.137. The van der Waals surface area contributed by atoms with Crippen LogP contribution in [0.1, 0.15) is 55.0 Å². The molecule has 17 heteroatoms. The third kappa shape index (κ3) is 9.30. The average molecular weight is 792 g/mol. The van der Waals surface area contributed by atoms with Crippen molar-refractivity contribution in [1.82, 2.24) is 14.8 Å². The number of rotatable bonds is 8. The Bertz CT molecular complexity index is 2290. The fourth-order valence-corrected chi connectivity index (χ4v) is 6.06. The molecule has 6 rings (SSSR count). The van der Waals surface area contributed by atoms with Gasteiger partial charge in [-0.05, 0) is 60.5 Å². The van der Waals surface area contributed by atoms with Crippen LogP contribution in [0.5, 0.6) is 0 Å². The molecule has 0 bridgehead atoms. The quantitative estimate of drug-likeness (QED) is 0.150. The van der Waals surface area contributed by atoms with Crippen molar-refractivity contribution in [3.05, 3.63) is 140 Å². The second kappa shape index (κ2) is 16.6. The Morgan fingerprint density at radius 1 is 0.778 bits per heavy atom. The molecule has 0 fully saturated rings. The van der Waals surface area contributed by atoms with E-state index in [0.29, 0.717) is 38.6 Å². The van der Waals surface area contributed by atoms with Crippen LogP contribution in [0, 0.1) is 12.7 Å². The van der Waals surface area contributed by atoms with Crippen molar-refractivity contribution >= 4 is 46.1 Å². The number of nitrogens with zero attached hydrogens (tertiary/aromatic N) is 3. The molecular weight excluding hydrogens is 766 g/mol. The van der Waals surface area contributed by atoms with Gasteiger partial charge in [0.25, 0.3) is 24.7 Å². The minimum absolute atomic E-state index is 0.00956. The van der Waals surface area contributed by atoms with Crippen LogP contribution >= 0.6 is 22.9 Å². The second-order valence-corrected chi connectivity index (χ2v) is 12.9. The van der Waals surface area contributed by atoms with Crippen molar-refractivity contribution in [3.8, 4) is 22.3 Å². The van der Waals surface area contributed by atoms with E-state index < -0.39 is 53.6 Å². The molecule has 6 aromatic rings. The van der Waals surface area contributed by atoms with E-state index in [1.165, 1.54) is 38.2 Å². The van der Waals surface area contributed by atoms with Gasteiger partial charge in [-0.15, -0.1) is 11.3 Å². The minimum atomic E-state index is -4.46. The average Bonchev–Trinajstić information content (AvgIpc) is 3.73. The molecule has 0 saturated heterocycles. The van der Waals surface area contributed by atoms with Gasteiger partial charge in [0, 0.05) is 29.5 Å². The molecule has 0 radical (unpaired) electrons. The van der Waals surface area contributed by atoms with Gasteiger partial charge in [-0.1, -0.05) is 66.2 Å². The van der Waals surface area contributed by atoms with Crippen LogP contribution in [0.15, 0.2) is 97.1 Å². The molecule has 0 atom stereocenters. The highest BCUT2D eigenvalue weighted by Crippen LogP contribution is 2.35. The van der Waals surface area contributed by atoms with E-state index in [-0.39, 0.29) is 15.6 Å². The number of thiazole rings is 1. The van der Waals surface area contributed by atoms with Gasteiger partial charge in [0.2, 0.25) is 0 Å². The number of carbonyl (C=O) groups is 2. The highest BCUT2D eigenvalue weighted by atomic mass is 35.5. The first-order valence-electron chi connectivity index (χ1n) is 15.5. The maximum absolute atomic E-state index is 13.8. The Labute approximate surface area is 311 Å². The van der Waals surface area contributed by atoms with E-state index in [4.69, 9.17) is 11.6 Å². The summed E-state index contributed by atoms with van der Waals surface area (Å²) in [6.45, 7) is 1.52. The summed E-state index contributed by atoms with van der Waals surface area (Å²) in [5.74, 6) is -1.94.